The van der Waals surface area contributed by atoms with Crippen LogP contribution in [0.3, 0.4) is 0 Å². The summed E-state index contributed by atoms with van der Waals surface area (Å²) >= 11 is 0. The van der Waals surface area contributed by atoms with Gasteiger partial charge in [-0.1, -0.05) is 26.0 Å². The molecule has 0 heterocycles. The zero-order chi connectivity index (χ0) is 16.9. The smallest absolute Gasteiger partial charge is 0.308 e. The largest absolute Gasteiger partial charge is 0.483 e. The molecule has 0 aliphatic carbocycles. The maximum Gasteiger partial charge on any atom is 0.308 e. The van der Waals surface area contributed by atoms with Gasteiger partial charge >= 0.3 is 5.97 Å². The van der Waals surface area contributed by atoms with Gasteiger partial charge in [-0.25, -0.2) is 0 Å². The van der Waals surface area contributed by atoms with Crippen LogP contribution in [-0.2, 0) is 9.59 Å². The zero-order valence-electron chi connectivity index (χ0n) is 13.8. The summed E-state index contributed by atoms with van der Waals surface area (Å²) in [5.41, 5.74) is 2.11. The molecule has 0 aliphatic heterocycles. The molecular weight excluding hydrogens is 282 g/mol. The molecule has 0 saturated carbocycles. The van der Waals surface area contributed by atoms with Crippen LogP contribution in [-0.4, -0.2) is 29.6 Å². The molecule has 1 rings (SSSR count). The number of aryl methyl sites for hydroxylation is 1. The van der Waals surface area contributed by atoms with Gasteiger partial charge in [0.2, 0.25) is 0 Å². The van der Waals surface area contributed by atoms with E-state index in [0.717, 1.165) is 11.1 Å². The maximum absolute atomic E-state index is 11.9. The summed E-state index contributed by atoms with van der Waals surface area (Å²) in [5, 5.41) is 11.6. The van der Waals surface area contributed by atoms with E-state index in [1.54, 1.807) is 13.8 Å². The molecular formula is C17H25NO4. The summed E-state index contributed by atoms with van der Waals surface area (Å²) in [7, 11) is 0. The highest BCUT2D eigenvalue weighted by Gasteiger charge is 2.21. The maximum atomic E-state index is 11.9. The summed E-state index contributed by atoms with van der Waals surface area (Å²) in [6, 6.07) is 5.48. The van der Waals surface area contributed by atoms with E-state index in [1.807, 2.05) is 25.1 Å². The molecule has 5 nitrogen and oxygen atoms in total. The fourth-order valence-electron chi connectivity index (χ4n) is 2.02. The third kappa shape index (κ3) is 5.06. The van der Waals surface area contributed by atoms with E-state index < -0.39 is 17.9 Å². The molecule has 2 atom stereocenters. The summed E-state index contributed by atoms with van der Waals surface area (Å²) < 4.78 is 5.62. The minimum absolute atomic E-state index is 0.125. The minimum atomic E-state index is -0.936. The fourth-order valence-corrected chi connectivity index (χ4v) is 2.02. The average molecular weight is 307 g/mol. The zero-order valence-corrected chi connectivity index (χ0v) is 13.8. The van der Waals surface area contributed by atoms with Crippen LogP contribution in [0.25, 0.3) is 0 Å². The lowest BCUT2D eigenvalue weighted by Crippen LogP contribution is -2.42. The van der Waals surface area contributed by atoms with Crippen molar-refractivity contribution in [3.05, 3.63) is 29.3 Å². The van der Waals surface area contributed by atoms with Crippen LogP contribution >= 0.6 is 0 Å². The number of hydrogen-bond acceptors (Lipinski definition) is 3. The van der Waals surface area contributed by atoms with Gasteiger partial charge in [-0.15, -0.1) is 0 Å². The van der Waals surface area contributed by atoms with E-state index in [0.29, 0.717) is 11.7 Å². The summed E-state index contributed by atoms with van der Waals surface area (Å²) in [5.74, 6) is -0.908. The molecule has 0 fully saturated rings. The van der Waals surface area contributed by atoms with Gasteiger partial charge in [0, 0.05) is 6.04 Å². The highest BCUT2D eigenvalue weighted by Crippen LogP contribution is 2.27. The van der Waals surface area contributed by atoms with Crippen LogP contribution in [0.2, 0.25) is 0 Å². The Bertz CT molecular complexity index is 539. The normalized spacial score (nSPS) is 13.5. The summed E-state index contributed by atoms with van der Waals surface area (Å²) in [6.45, 7) is 9.20. The predicted molar refractivity (Wildman–Crippen MR) is 85.2 cm³/mol. The van der Waals surface area contributed by atoms with Crippen LogP contribution in [0.15, 0.2) is 18.2 Å². The van der Waals surface area contributed by atoms with Crippen LogP contribution in [0, 0.1) is 12.8 Å². The van der Waals surface area contributed by atoms with Crippen LogP contribution in [0.1, 0.15) is 44.7 Å². The van der Waals surface area contributed by atoms with Crippen molar-refractivity contribution in [3.8, 4) is 5.75 Å². The van der Waals surface area contributed by atoms with Gasteiger partial charge in [-0.2, -0.15) is 0 Å². The monoisotopic (exact) mass is 307 g/mol. The first kappa shape index (κ1) is 18.0. The van der Waals surface area contributed by atoms with Gasteiger partial charge in [0.05, 0.1) is 5.92 Å². The van der Waals surface area contributed by atoms with Gasteiger partial charge in [0.25, 0.3) is 5.91 Å². The lowest BCUT2D eigenvalue weighted by Gasteiger charge is -2.19. The first-order chi connectivity index (χ1) is 10.2. The van der Waals surface area contributed by atoms with Crippen molar-refractivity contribution in [2.24, 2.45) is 5.92 Å². The first-order valence-electron chi connectivity index (χ1n) is 7.48. The van der Waals surface area contributed by atoms with Crippen molar-refractivity contribution in [2.45, 2.75) is 46.6 Å². The Morgan fingerprint density at radius 3 is 2.41 bits per heavy atom. The molecule has 0 bridgehead atoms. The van der Waals surface area contributed by atoms with E-state index in [2.05, 4.69) is 19.2 Å². The molecule has 1 aromatic carbocycles. The number of carboxylic acid groups (broad SMARTS) is 1. The van der Waals surface area contributed by atoms with Crippen molar-refractivity contribution >= 4 is 11.9 Å². The summed E-state index contributed by atoms with van der Waals surface area (Å²) in [4.78, 5) is 22.8. The number of benzene rings is 1. The number of carbonyl (C=O) groups excluding carboxylic acids is 1. The molecule has 0 aromatic heterocycles. The number of rotatable bonds is 7. The van der Waals surface area contributed by atoms with Crippen molar-refractivity contribution in [3.63, 3.8) is 0 Å². The molecule has 5 heteroatoms. The predicted octanol–water partition coefficient (Wildman–Crippen LogP) is 2.72. The van der Waals surface area contributed by atoms with Crippen molar-refractivity contribution < 1.29 is 19.4 Å². The van der Waals surface area contributed by atoms with E-state index >= 15 is 0 Å². The van der Waals surface area contributed by atoms with Crippen molar-refractivity contribution in [1.29, 1.82) is 0 Å². The molecule has 1 aromatic rings. The quantitative estimate of drug-likeness (QED) is 0.812. The summed E-state index contributed by atoms with van der Waals surface area (Å²) in [6.07, 6.45) is 0. The van der Waals surface area contributed by atoms with E-state index in [-0.39, 0.29) is 12.5 Å². The van der Waals surface area contributed by atoms with Gasteiger partial charge in [-0.3, -0.25) is 9.59 Å². The SMILES string of the molecule is Cc1ccc(C(C)C)c(OCC(=O)NC(C)C(C)C(=O)O)c1. The Morgan fingerprint density at radius 1 is 1.23 bits per heavy atom. The van der Waals surface area contributed by atoms with E-state index in [9.17, 15) is 9.59 Å². The van der Waals surface area contributed by atoms with Gasteiger partial charge in [-0.05, 0) is 43.9 Å². The number of aliphatic carboxylic acids is 1. The molecule has 22 heavy (non-hydrogen) atoms. The van der Waals surface area contributed by atoms with E-state index in [4.69, 9.17) is 9.84 Å². The second-order valence-corrected chi connectivity index (χ2v) is 5.97. The third-order valence-electron chi connectivity index (χ3n) is 3.68. The molecule has 122 valence electrons. The number of ether oxygens (including phenoxy) is 1. The Balaban J connectivity index is 2.65. The molecule has 0 radical (unpaired) electrons. The van der Waals surface area contributed by atoms with Crippen LogP contribution in [0.4, 0.5) is 0 Å². The van der Waals surface area contributed by atoms with Crippen LogP contribution in [0.5, 0.6) is 5.75 Å². The molecule has 2 N–H and O–H groups in total. The molecule has 0 aliphatic rings. The number of amides is 1. The van der Waals surface area contributed by atoms with Crippen molar-refractivity contribution in [1.82, 2.24) is 5.32 Å². The topological polar surface area (TPSA) is 75.6 Å². The molecule has 2 unspecified atom stereocenters. The average Bonchev–Trinajstić information content (AvgIpc) is 2.43. The molecule has 1 amide bonds. The second kappa shape index (κ2) is 7.82. The van der Waals surface area contributed by atoms with Gasteiger partial charge in [0.15, 0.2) is 6.61 Å². The van der Waals surface area contributed by atoms with Crippen LogP contribution < -0.4 is 10.1 Å². The Kier molecular flexibility index (Phi) is 6.40. The fraction of sp³-hybridized carbons (Fsp3) is 0.529. The molecule has 0 spiro atoms. The van der Waals surface area contributed by atoms with Gasteiger partial charge in [0.1, 0.15) is 5.75 Å². The standard InChI is InChI=1S/C17H25NO4/c1-10(2)14-7-6-11(3)8-15(14)22-9-16(19)18-13(5)12(4)17(20)21/h6-8,10,12-13H,9H2,1-5H3,(H,18,19)(H,20,21). The highest BCUT2D eigenvalue weighted by molar-refractivity contribution is 5.79. The number of carbonyl (C=O) groups is 2. The highest BCUT2D eigenvalue weighted by atomic mass is 16.5. The number of carboxylic acids is 1. The Morgan fingerprint density at radius 2 is 1.86 bits per heavy atom. The Labute approximate surface area is 131 Å². The van der Waals surface area contributed by atoms with Crippen molar-refractivity contribution in [2.75, 3.05) is 6.61 Å². The Hall–Kier alpha value is -2.04. The minimum Gasteiger partial charge on any atom is -0.483 e. The lowest BCUT2D eigenvalue weighted by molar-refractivity contribution is -0.142. The second-order valence-electron chi connectivity index (χ2n) is 5.97. The van der Waals surface area contributed by atoms with Gasteiger partial charge < -0.3 is 15.2 Å². The first-order valence-corrected chi connectivity index (χ1v) is 7.48. The third-order valence-corrected chi connectivity index (χ3v) is 3.68. The number of hydrogen-bond donors (Lipinski definition) is 2. The lowest BCUT2D eigenvalue weighted by atomic mass is 10.0. The van der Waals surface area contributed by atoms with E-state index in [1.165, 1.54) is 0 Å². The molecule has 0 saturated heterocycles. The number of nitrogens with one attached hydrogen (secondary N) is 1.